The van der Waals surface area contributed by atoms with Gasteiger partial charge in [-0.3, -0.25) is 10.1 Å². The number of halogens is 1. The van der Waals surface area contributed by atoms with Crippen LogP contribution in [0.5, 0.6) is 11.5 Å². The van der Waals surface area contributed by atoms with Gasteiger partial charge < -0.3 is 14.2 Å². The Morgan fingerprint density at radius 2 is 1.94 bits per heavy atom. The van der Waals surface area contributed by atoms with Crippen LogP contribution in [0.25, 0.3) is 0 Å². The van der Waals surface area contributed by atoms with Crippen LogP contribution in [0, 0.1) is 0 Å². The summed E-state index contributed by atoms with van der Waals surface area (Å²) in [4.78, 5) is 23.3. The number of methoxy groups -OCH3 is 1. The van der Waals surface area contributed by atoms with E-state index in [4.69, 9.17) is 21.1 Å². The summed E-state index contributed by atoms with van der Waals surface area (Å²) in [6.07, 6.45) is 2.62. The van der Waals surface area contributed by atoms with Crippen LogP contribution in [0.1, 0.15) is 18.1 Å². The van der Waals surface area contributed by atoms with E-state index in [2.05, 4.69) is 20.3 Å². The second kappa shape index (κ2) is 11.4. The Hall–Kier alpha value is -3.30. The molecule has 1 heterocycles. The molecular weight excluding hydrogens is 454 g/mol. The summed E-state index contributed by atoms with van der Waals surface area (Å²) in [6, 6.07) is 12.8. The molecule has 0 aliphatic carbocycles. The van der Waals surface area contributed by atoms with Gasteiger partial charge in [0.25, 0.3) is 5.91 Å². The van der Waals surface area contributed by atoms with Crippen LogP contribution in [0.4, 0.5) is 0 Å². The third-order valence-electron chi connectivity index (χ3n) is 4.03. The van der Waals surface area contributed by atoms with Gasteiger partial charge in [0, 0.05) is 11.1 Å². The molecule has 0 saturated carbocycles. The molecule has 0 aromatic heterocycles. The topological polar surface area (TPSA) is 98.6 Å². The number of esters is 1. The van der Waals surface area contributed by atoms with Gasteiger partial charge in [0.1, 0.15) is 6.61 Å². The molecule has 1 aliphatic heterocycles. The van der Waals surface area contributed by atoms with Crippen LogP contribution in [-0.4, -0.2) is 37.0 Å². The number of hydrogen-bond donors (Lipinski definition) is 1. The lowest BCUT2D eigenvalue weighted by molar-refractivity contribution is -0.135. The molecule has 0 atom stereocenters. The van der Waals surface area contributed by atoms with Gasteiger partial charge in [0.05, 0.1) is 24.8 Å². The number of benzene rings is 2. The molecule has 1 amide bonds. The van der Waals surface area contributed by atoms with Crippen LogP contribution in [0.15, 0.2) is 63.6 Å². The SMILES string of the molecule is CCOc1cc(C=N/N=C2/NC(=O)/C(=C\C(=O)OC)S2)ccc1OCc1ccc(Cl)cc1. The maximum atomic E-state index is 11.8. The highest BCUT2D eigenvalue weighted by Crippen LogP contribution is 2.29. The molecule has 0 unspecified atom stereocenters. The van der Waals surface area contributed by atoms with Crippen LogP contribution in [0.3, 0.4) is 0 Å². The van der Waals surface area contributed by atoms with Crippen LogP contribution in [-0.2, 0) is 20.9 Å². The zero-order valence-electron chi connectivity index (χ0n) is 17.3. The first-order valence-corrected chi connectivity index (χ1v) is 10.7. The van der Waals surface area contributed by atoms with E-state index >= 15 is 0 Å². The van der Waals surface area contributed by atoms with Crippen LogP contribution >= 0.6 is 23.4 Å². The maximum Gasteiger partial charge on any atom is 0.331 e. The lowest BCUT2D eigenvalue weighted by Crippen LogP contribution is -2.19. The summed E-state index contributed by atoms with van der Waals surface area (Å²) in [5, 5.41) is 11.4. The molecule has 0 spiro atoms. The molecule has 0 radical (unpaired) electrons. The molecule has 3 rings (SSSR count). The molecule has 1 N–H and O–H groups in total. The van der Waals surface area contributed by atoms with Gasteiger partial charge in [-0.25, -0.2) is 4.79 Å². The van der Waals surface area contributed by atoms with Crippen molar-refractivity contribution in [2.24, 2.45) is 10.2 Å². The van der Waals surface area contributed by atoms with Gasteiger partial charge in [-0.2, -0.15) is 5.10 Å². The minimum atomic E-state index is -0.616. The smallest absolute Gasteiger partial charge is 0.331 e. The van der Waals surface area contributed by atoms with Crippen molar-refractivity contribution in [1.82, 2.24) is 5.32 Å². The van der Waals surface area contributed by atoms with Gasteiger partial charge in [-0.15, -0.1) is 5.10 Å². The zero-order valence-corrected chi connectivity index (χ0v) is 18.9. The fourth-order valence-corrected chi connectivity index (χ4v) is 3.39. The fourth-order valence-electron chi connectivity index (χ4n) is 2.52. The maximum absolute atomic E-state index is 11.8. The standard InChI is InChI=1S/C22H20ClN3O5S/c1-3-30-18-10-15(6-9-17(18)31-13-14-4-7-16(23)8-5-14)12-24-26-22-25-21(28)19(32-22)11-20(27)29-2/h4-12H,3,13H2,1-2H3,(H,25,26,28)/b19-11+,24-12?. The van der Waals surface area contributed by atoms with E-state index in [1.165, 1.54) is 13.3 Å². The summed E-state index contributed by atoms with van der Waals surface area (Å²) in [7, 11) is 1.24. The quantitative estimate of drug-likeness (QED) is 0.270. The summed E-state index contributed by atoms with van der Waals surface area (Å²) in [5.74, 6) is 0.121. The van der Waals surface area contributed by atoms with Crippen molar-refractivity contribution in [3.8, 4) is 11.5 Å². The number of amidine groups is 1. The number of amides is 1. The van der Waals surface area contributed by atoms with E-state index in [0.717, 1.165) is 29.0 Å². The highest BCUT2D eigenvalue weighted by Gasteiger charge is 2.25. The van der Waals surface area contributed by atoms with Crippen LogP contribution < -0.4 is 14.8 Å². The minimum Gasteiger partial charge on any atom is -0.490 e. The normalized spacial score (nSPS) is 15.9. The third-order valence-corrected chi connectivity index (χ3v) is 5.18. The van der Waals surface area contributed by atoms with Crippen molar-refractivity contribution in [2.75, 3.05) is 13.7 Å². The predicted molar refractivity (Wildman–Crippen MR) is 124 cm³/mol. The van der Waals surface area contributed by atoms with Gasteiger partial charge in [0.15, 0.2) is 16.7 Å². The van der Waals surface area contributed by atoms with E-state index in [-0.39, 0.29) is 10.1 Å². The summed E-state index contributed by atoms with van der Waals surface area (Å²) in [6.45, 7) is 2.73. The van der Waals surface area contributed by atoms with E-state index in [1.807, 2.05) is 37.3 Å². The first kappa shape index (κ1) is 23.4. The van der Waals surface area contributed by atoms with E-state index < -0.39 is 11.9 Å². The Morgan fingerprint density at radius 1 is 1.16 bits per heavy atom. The Labute approximate surface area is 194 Å². The molecule has 0 bridgehead atoms. The van der Waals surface area contributed by atoms with E-state index in [0.29, 0.717) is 29.7 Å². The fraction of sp³-hybridized carbons (Fsp3) is 0.182. The molecule has 10 heteroatoms. The monoisotopic (exact) mass is 473 g/mol. The first-order chi connectivity index (χ1) is 15.5. The lowest BCUT2D eigenvalue weighted by Gasteiger charge is -2.12. The summed E-state index contributed by atoms with van der Waals surface area (Å²) in [5.41, 5.74) is 1.71. The molecule has 2 aromatic rings. The molecule has 2 aromatic carbocycles. The van der Waals surface area contributed by atoms with Crippen molar-refractivity contribution in [3.63, 3.8) is 0 Å². The van der Waals surface area contributed by atoms with Gasteiger partial charge in [-0.1, -0.05) is 23.7 Å². The van der Waals surface area contributed by atoms with Gasteiger partial charge in [-0.05, 0) is 60.1 Å². The molecule has 166 valence electrons. The van der Waals surface area contributed by atoms with Crippen molar-refractivity contribution >= 4 is 46.6 Å². The number of nitrogens with zero attached hydrogens (tertiary/aromatic N) is 2. The second-order valence-corrected chi connectivity index (χ2v) is 7.76. The molecule has 32 heavy (non-hydrogen) atoms. The number of rotatable bonds is 8. The zero-order chi connectivity index (χ0) is 22.9. The predicted octanol–water partition coefficient (Wildman–Crippen LogP) is 3.93. The molecular formula is C22H20ClN3O5S. The van der Waals surface area contributed by atoms with Crippen molar-refractivity contribution in [2.45, 2.75) is 13.5 Å². The Bertz CT molecular complexity index is 1080. The average molecular weight is 474 g/mol. The molecule has 1 aliphatic rings. The number of thioether (sulfide) groups is 1. The number of ether oxygens (including phenoxy) is 3. The van der Waals surface area contributed by atoms with Crippen molar-refractivity contribution < 1.29 is 23.8 Å². The molecule has 1 saturated heterocycles. The van der Waals surface area contributed by atoms with Gasteiger partial charge in [0.2, 0.25) is 0 Å². The van der Waals surface area contributed by atoms with E-state index in [9.17, 15) is 9.59 Å². The third kappa shape index (κ3) is 6.60. The Morgan fingerprint density at radius 3 is 2.66 bits per heavy atom. The lowest BCUT2D eigenvalue weighted by atomic mass is 10.2. The number of nitrogens with one attached hydrogen (secondary N) is 1. The number of carbonyl (C=O) groups is 2. The summed E-state index contributed by atoms with van der Waals surface area (Å²) < 4.78 is 16.1. The van der Waals surface area contributed by atoms with E-state index in [1.54, 1.807) is 12.1 Å². The molecule has 8 nitrogen and oxygen atoms in total. The molecule has 1 fully saturated rings. The van der Waals surface area contributed by atoms with Crippen LogP contribution in [0.2, 0.25) is 5.02 Å². The Balaban J connectivity index is 1.67. The second-order valence-electron chi connectivity index (χ2n) is 6.29. The van der Waals surface area contributed by atoms with Crippen molar-refractivity contribution in [3.05, 3.63) is 69.6 Å². The highest BCUT2D eigenvalue weighted by atomic mass is 35.5. The Kier molecular flexibility index (Phi) is 8.29. The summed E-state index contributed by atoms with van der Waals surface area (Å²) >= 11 is 6.91. The minimum absolute atomic E-state index is 0.187. The van der Waals surface area contributed by atoms with Gasteiger partial charge >= 0.3 is 5.97 Å². The van der Waals surface area contributed by atoms with Crippen molar-refractivity contribution in [1.29, 1.82) is 0 Å². The largest absolute Gasteiger partial charge is 0.490 e. The number of carbonyl (C=O) groups excluding carboxylic acids is 2. The number of hydrogen-bond acceptors (Lipinski definition) is 8. The first-order valence-electron chi connectivity index (χ1n) is 9.52. The highest BCUT2D eigenvalue weighted by molar-refractivity contribution is 8.18. The average Bonchev–Trinajstić information content (AvgIpc) is 3.13.